The average molecular weight is 231 g/mol. The van der Waals surface area contributed by atoms with E-state index in [0.717, 1.165) is 32.4 Å². The Hall–Kier alpha value is -0.120. The van der Waals surface area contributed by atoms with Gasteiger partial charge in [0.1, 0.15) is 0 Å². The zero-order valence-electron chi connectivity index (χ0n) is 11.6. The maximum absolute atomic E-state index is 5.69. The molecule has 0 amide bonds. The summed E-state index contributed by atoms with van der Waals surface area (Å²) < 4.78 is 11.2. The molecular weight excluding hydrogens is 202 g/mol. The van der Waals surface area contributed by atoms with E-state index >= 15 is 0 Å². The van der Waals surface area contributed by atoms with Crippen molar-refractivity contribution in [3.8, 4) is 0 Å². The fraction of sp³-hybridized carbons (Fsp3) is 1.00. The van der Waals surface area contributed by atoms with Crippen LogP contribution in [-0.4, -0.2) is 38.5 Å². The molecule has 0 fully saturated rings. The molecule has 0 radical (unpaired) electrons. The molecule has 0 aromatic carbocycles. The summed E-state index contributed by atoms with van der Waals surface area (Å²) >= 11 is 0. The van der Waals surface area contributed by atoms with E-state index in [9.17, 15) is 0 Å². The molecule has 2 unspecified atom stereocenters. The van der Waals surface area contributed by atoms with Crippen molar-refractivity contribution in [3.63, 3.8) is 0 Å². The highest BCUT2D eigenvalue weighted by Crippen LogP contribution is 2.08. The van der Waals surface area contributed by atoms with Gasteiger partial charge in [0.05, 0.1) is 24.9 Å². The first-order valence-corrected chi connectivity index (χ1v) is 6.53. The van der Waals surface area contributed by atoms with Gasteiger partial charge in [-0.2, -0.15) is 0 Å². The Bertz CT molecular complexity index is 151. The highest BCUT2D eigenvalue weighted by atomic mass is 16.5. The molecule has 1 N–H and O–H groups in total. The molecule has 0 bridgehead atoms. The molecule has 0 heterocycles. The predicted octanol–water partition coefficient (Wildman–Crippen LogP) is 2.59. The second-order valence-electron chi connectivity index (χ2n) is 4.51. The summed E-state index contributed by atoms with van der Waals surface area (Å²) in [6, 6.07) is 0.312. The lowest BCUT2D eigenvalue weighted by Crippen LogP contribution is -2.45. The molecule has 0 aliphatic rings. The molecule has 0 rings (SSSR count). The van der Waals surface area contributed by atoms with Crippen LogP contribution in [0.5, 0.6) is 0 Å². The van der Waals surface area contributed by atoms with Gasteiger partial charge in [0, 0.05) is 7.11 Å². The van der Waals surface area contributed by atoms with Crippen LogP contribution in [-0.2, 0) is 9.47 Å². The number of nitrogens with one attached hydrogen (secondary N) is 1. The Morgan fingerprint density at radius 3 is 2.25 bits per heavy atom. The second kappa shape index (κ2) is 10.1. The van der Waals surface area contributed by atoms with E-state index in [1.807, 2.05) is 0 Å². The highest BCUT2D eigenvalue weighted by molar-refractivity contribution is 4.76. The van der Waals surface area contributed by atoms with Crippen LogP contribution >= 0.6 is 0 Å². The van der Waals surface area contributed by atoms with Crippen LogP contribution in [0.25, 0.3) is 0 Å². The van der Waals surface area contributed by atoms with Crippen LogP contribution in [0.3, 0.4) is 0 Å². The molecule has 98 valence electrons. The molecule has 0 aromatic rings. The molecular formula is C13H29NO2. The summed E-state index contributed by atoms with van der Waals surface area (Å²) in [5.74, 6) is 0. The summed E-state index contributed by atoms with van der Waals surface area (Å²) in [7, 11) is 1.79. The van der Waals surface area contributed by atoms with Gasteiger partial charge >= 0.3 is 0 Å². The summed E-state index contributed by atoms with van der Waals surface area (Å²) in [6.07, 6.45) is 3.91. The van der Waals surface area contributed by atoms with Crippen LogP contribution in [0.2, 0.25) is 0 Å². The van der Waals surface area contributed by atoms with Gasteiger partial charge in [0.15, 0.2) is 0 Å². The van der Waals surface area contributed by atoms with Crippen molar-refractivity contribution in [1.82, 2.24) is 5.32 Å². The number of hydrogen-bond donors (Lipinski definition) is 1. The normalized spacial score (nSPS) is 15.4. The fourth-order valence-electron chi connectivity index (χ4n) is 1.69. The second-order valence-corrected chi connectivity index (χ2v) is 4.51. The van der Waals surface area contributed by atoms with E-state index in [1.165, 1.54) is 0 Å². The number of ether oxygens (including phenoxy) is 2. The third-order valence-corrected chi connectivity index (χ3v) is 2.59. The highest BCUT2D eigenvalue weighted by Gasteiger charge is 2.20. The summed E-state index contributed by atoms with van der Waals surface area (Å²) in [6.45, 7) is 10.3. The molecule has 3 nitrogen and oxygen atoms in total. The van der Waals surface area contributed by atoms with Crippen LogP contribution < -0.4 is 5.32 Å². The fourth-order valence-corrected chi connectivity index (χ4v) is 1.69. The minimum Gasteiger partial charge on any atom is -0.380 e. The Kier molecular flexibility index (Phi) is 9.99. The van der Waals surface area contributed by atoms with E-state index in [0.29, 0.717) is 6.04 Å². The van der Waals surface area contributed by atoms with Gasteiger partial charge in [-0.05, 0) is 33.2 Å². The first-order chi connectivity index (χ1) is 7.65. The van der Waals surface area contributed by atoms with Crippen LogP contribution in [0, 0.1) is 0 Å². The maximum Gasteiger partial charge on any atom is 0.0746 e. The third kappa shape index (κ3) is 7.20. The largest absolute Gasteiger partial charge is 0.380 e. The SMILES string of the molecule is CCCNC(COC(C)C)C(CCC)OC. The quantitative estimate of drug-likeness (QED) is 0.627. The topological polar surface area (TPSA) is 30.5 Å². The van der Waals surface area contributed by atoms with Crippen LogP contribution in [0.4, 0.5) is 0 Å². The van der Waals surface area contributed by atoms with E-state index < -0.39 is 0 Å². The molecule has 3 heteroatoms. The van der Waals surface area contributed by atoms with Gasteiger partial charge < -0.3 is 14.8 Å². The minimum absolute atomic E-state index is 0.260. The maximum atomic E-state index is 5.69. The average Bonchev–Trinajstić information content (AvgIpc) is 2.26. The third-order valence-electron chi connectivity index (χ3n) is 2.59. The van der Waals surface area contributed by atoms with Gasteiger partial charge in [-0.25, -0.2) is 0 Å². The summed E-state index contributed by atoms with van der Waals surface area (Å²) in [5, 5.41) is 3.51. The van der Waals surface area contributed by atoms with Crippen molar-refractivity contribution in [2.75, 3.05) is 20.3 Å². The number of methoxy groups -OCH3 is 1. The summed E-state index contributed by atoms with van der Waals surface area (Å²) in [4.78, 5) is 0. The number of hydrogen-bond acceptors (Lipinski definition) is 3. The molecule has 0 saturated heterocycles. The summed E-state index contributed by atoms with van der Waals surface area (Å²) in [5.41, 5.74) is 0. The lowest BCUT2D eigenvalue weighted by molar-refractivity contribution is -0.00145. The molecule has 0 saturated carbocycles. The first kappa shape index (κ1) is 15.9. The molecule has 0 aliphatic carbocycles. The van der Waals surface area contributed by atoms with Crippen molar-refractivity contribution in [2.45, 2.75) is 65.2 Å². The van der Waals surface area contributed by atoms with Gasteiger partial charge in [0.2, 0.25) is 0 Å². The zero-order valence-corrected chi connectivity index (χ0v) is 11.6. The Labute approximate surface area is 101 Å². The Morgan fingerprint density at radius 2 is 1.81 bits per heavy atom. The van der Waals surface area contributed by atoms with Crippen molar-refractivity contribution < 1.29 is 9.47 Å². The lowest BCUT2D eigenvalue weighted by atomic mass is 10.1. The van der Waals surface area contributed by atoms with Crippen LogP contribution in [0.15, 0.2) is 0 Å². The van der Waals surface area contributed by atoms with Crippen molar-refractivity contribution >= 4 is 0 Å². The number of rotatable bonds is 10. The standard InChI is InChI=1S/C13H29NO2/c1-6-8-13(15-5)12(14-9-7-2)10-16-11(3)4/h11-14H,6-10H2,1-5H3. The zero-order chi connectivity index (χ0) is 12.4. The molecule has 0 aliphatic heterocycles. The van der Waals surface area contributed by atoms with E-state index in [2.05, 4.69) is 33.0 Å². The van der Waals surface area contributed by atoms with Crippen LogP contribution in [0.1, 0.15) is 47.0 Å². The predicted molar refractivity (Wildman–Crippen MR) is 68.9 cm³/mol. The van der Waals surface area contributed by atoms with Gasteiger partial charge in [-0.1, -0.05) is 20.3 Å². The van der Waals surface area contributed by atoms with Crippen molar-refractivity contribution in [3.05, 3.63) is 0 Å². The molecule has 16 heavy (non-hydrogen) atoms. The van der Waals surface area contributed by atoms with E-state index in [1.54, 1.807) is 7.11 Å². The van der Waals surface area contributed by atoms with E-state index in [4.69, 9.17) is 9.47 Å². The Morgan fingerprint density at radius 1 is 1.12 bits per heavy atom. The van der Waals surface area contributed by atoms with E-state index in [-0.39, 0.29) is 12.2 Å². The molecule has 2 atom stereocenters. The monoisotopic (exact) mass is 231 g/mol. The molecule has 0 aromatic heterocycles. The lowest BCUT2D eigenvalue weighted by Gasteiger charge is -2.27. The molecule has 0 spiro atoms. The Balaban J connectivity index is 4.13. The minimum atomic E-state index is 0.260. The smallest absolute Gasteiger partial charge is 0.0746 e. The first-order valence-electron chi connectivity index (χ1n) is 6.53. The van der Waals surface area contributed by atoms with Crippen molar-refractivity contribution in [2.24, 2.45) is 0 Å². The van der Waals surface area contributed by atoms with Crippen molar-refractivity contribution in [1.29, 1.82) is 0 Å². The van der Waals surface area contributed by atoms with Gasteiger partial charge in [-0.3, -0.25) is 0 Å². The van der Waals surface area contributed by atoms with Gasteiger partial charge in [0.25, 0.3) is 0 Å². The van der Waals surface area contributed by atoms with Gasteiger partial charge in [-0.15, -0.1) is 0 Å².